The van der Waals surface area contributed by atoms with Gasteiger partial charge in [0.25, 0.3) is 5.91 Å². The lowest BCUT2D eigenvalue weighted by Gasteiger charge is -2.17. The SMILES string of the molecule is Cc1cc(N2CCCC2)nc(Nc2ccc(NC(=O)c3ccc(C)c(F)c3)cc2)n1. The van der Waals surface area contributed by atoms with Gasteiger partial charge in [-0.25, -0.2) is 9.37 Å². The molecule has 1 aliphatic heterocycles. The molecule has 7 heteroatoms. The quantitative estimate of drug-likeness (QED) is 0.636. The first-order valence-corrected chi connectivity index (χ1v) is 10.0. The van der Waals surface area contributed by atoms with Crippen LogP contribution in [0.25, 0.3) is 0 Å². The average molecular weight is 405 g/mol. The molecule has 0 radical (unpaired) electrons. The molecule has 1 amide bonds. The maximum Gasteiger partial charge on any atom is 0.255 e. The molecule has 0 spiro atoms. The van der Waals surface area contributed by atoms with Gasteiger partial charge in [0.05, 0.1) is 0 Å². The number of halogens is 1. The van der Waals surface area contributed by atoms with E-state index < -0.39 is 5.82 Å². The van der Waals surface area contributed by atoms with Crippen molar-refractivity contribution in [1.29, 1.82) is 0 Å². The predicted molar refractivity (Wildman–Crippen MR) is 117 cm³/mol. The van der Waals surface area contributed by atoms with Crippen LogP contribution in [0, 0.1) is 19.7 Å². The molecule has 1 aliphatic rings. The van der Waals surface area contributed by atoms with Crippen molar-refractivity contribution in [2.45, 2.75) is 26.7 Å². The van der Waals surface area contributed by atoms with E-state index in [2.05, 4.69) is 25.5 Å². The largest absolute Gasteiger partial charge is 0.356 e. The molecule has 6 nitrogen and oxygen atoms in total. The maximum absolute atomic E-state index is 13.7. The Morgan fingerprint density at radius 2 is 1.67 bits per heavy atom. The van der Waals surface area contributed by atoms with Crippen LogP contribution in [0.1, 0.15) is 34.5 Å². The van der Waals surface area contributed by atoms with Crippen molar-refractivity contribution in [2.24, 2.45) is 0 Å². The summed E-state index contributed by atoms with van der Waals surface area (Å²) < 4.78 is 13.7. The number of rotatable bonds is 5. The highest BCUT2D eigenvalue weighted by molar-refractivity contribution is 6.04. The molecular formula is C23H24FN5O. The lowest BCUT2D eigenvalue weighted by molar-refractivity contribution is 0.102. The number of benzene rings is 2. The number of carbonyl (C=O) groups is 1. The zero-order chi connectivity index (χ0) is 21.1. The summed E-state index contributed by atoms with van der Waals surface area (Å²) in [5.74, 6) is 0.737. The molecule has 0 bridgehead atoms. The minimum Gasteiger partial charge on any atom is -0.356 e. The number of nitrogens with one attached hydrogen (secondary N) is 2. The normalized spacial score (nSPS) is 13.4. The number of carbonyl (C=O) groups excluding carboxylic acids is 1. The smallest absolute Gasteiger partial charge is 0.255 e. The third-order valence-corrected chi connectivity index (χ3v) is 5.10. The second-order valence-corrected chi connectivity index (χ2v) is 7.51. The summed E-state index contributed by atoms with van der Waals surface area (Å²) >= 11 is 0. The van der Waals surface area contributed by atoms with E-state index in [0.29, 0.717) is 17.2 Å². The Kier molecular flexibility index (Phi) is 5.61. The van der Waals surface area contributed by atoms with Gasteiger partial charge < -0.3 is 15.5 Å². The van der Waals surface area contributed by atoms with Gasteiger partial charge in [0.1, 0.15) is 11.6 Å². The average Bonchev–Trinajstić information content (AvgIpc) is 3.26. The standard InChI is InChI=1S/C23H24FN5O/c1-15-5-6-17(14-20(15)24)22(30)26-18-7-9-19(10-8-18)27-23-25-16(2)13-21(28-23)29-11-3-4-12-29/h5-10,13-14H,3-4,11-12H2,1-2H3,(H,26,30)(H,25,27,28). The summed E-state index contributed by atoms with van der Waals surface area (Å²) in [4.78, 5) is 23.7. The fraction of sp³-hybridized carbons (Fsp3) is 0.261. The molecule has 0 aliphatic carbocycles. The van der Waals surface area contributed by atoms with Gasteiger partial charge >= 0.3 is 0 Å². The van der Waals surface area contributed by atoms with Crippen LogP contribution in [0.15, 0.2) is 48.5 Å². The van der Waals surface area contributed by atoms with Crippen LogP contribution >= 0.6 is 0 Å². The highest BCUT2D eigenvalue weighted by Crippen LogP contribution is 2.22. The van der Waals surface area contributed by atoms with Crippen molar-refractivity contribution < 1.29 is 9.18 Å². The number of hydrogen-bond donors (Lipinski definition) is 2. The van der Waals surface area contributed by atoms with Gasteiger partial charge in [0, 0.05) is 41.8 Å². The van der Waals surface area contributed by atoms with Crippen molar-refractivity contribution >= 4 is 29.0 Å². The van der Waals surface area contributed by atoms with Gasteiger partial charge in [-0.3, -0.25) is 4.79 Å². The van der Waals surface area contributed by atoms with Crippen molar-refractivity contribution in [3.63, 3.8) is 0 Å². The minimum absolute atomic E-state index is 0.280. The summed E-state index contributed by atoms with van der Waals surface area (Å²) in [5, 5.41) is 6.00. The van der Waals surface area contributed by atoms with Gasteiger partial charge in [-0.2, -0.15) is 4.98 Å². The first-order chi connectivity index (χ1) is 14.5. The zero-order valence-corrected chi connectivity index (χ0v) is 17.1. The summed E-state index contributed by atoms with van der Waals surface area (Å²) in [6.07, 6.45) is 2.38. The van der Waals surface area contributed by atoms with Crippen LogP contribution in [0.3, 0.4) is 0 Å². The van der Waals surface area contributed by atoms with Gasteiger partial charge in [0.2, 0.25) is 5.95 Å². The zero-order valence-electron chi connectivity index (χ0n) is 17.1. The molecule has 1 fully saturated rings. The highest BCUT2D eigenvalue weighted by Gasteiger charge is 2.15. The third kappa shape index (κ3) is 4.56. The first kappa shape index (κ1) is 19.8. The maximum atomic E-state index is 13.7. The van der Waals surface area contributed by atoms with E-state index in [1.807, 2.05) is 25.1 Å². The Morgan fingerprint density at radius 1 is 0.967 bits per heavy atom. The number of aryl methyl sites for hydroxylation is 2. The van der Waals surface area contributed by atoms with Gasteiger partial charge in [-0.1, -0.05) is 6.07 Å². The highest BCUT2D eigenvalue weighted by atomic mass is 19.1. The lowest BCUT2D eigenvalue weighted by atomic mass is 10.1. The van der Waals surface area contributed by atoms with Gasteiger partial charge in [0.15, 0.2) is 0 Å². The number of anilines is 4. The van der Waals surface area contributed by atoms with Crippen molar-refractivity contribution in [3.8, 4) is 0 Å². The van der Waals surface area contributed by atoms with E-state index in [0.717, 1.165) is 30.3 Å². The number of hydrogen-bond acceptors (Lipinski definition) is 5. The van der Waals surface area contributed by atoms with Gasteiger partial charge in [-0.15, -0.1) is 0 Å². The fourth-order valence-corrected chi connectivity index (χ4v) is 3.42. The van der Waals surface area contributed by atoms with Crippen molar-refractivity contribution in [1.82, 2.24) is 9.97 Å². The van der Waals surface area contributed by atoms with Crippen LogP contribution in [0.4, 0.5) is 27.5 Å². The second kappa shape index (κ2) is 8.49. The molecule has 2 heterocycles. The van der Waals surface area contributed by atoms with Crippen LogP contribution in [0.2, 0.25) is 0 Å². The molecular weight excluding hydrogens is 381 g/mol. The Morgan fingerprint density at radius 3 is 2.37 bits per heavy atom. The summed E-state index contributed by atoms with van der Waals surface area (Å²) in [6, 6.07) is 13.7. The molecule has 30 heavy (non-hydrogen) atoms. The molecule has 0 atom stereocenters. The summed E-state index contributed by atoms with van der Waals surface area (Å²) in [5.41, 5.74) is 3.13. The molecule has 2 aromatic carbocycles. The van der Waals surface area contributed by atoms with Crippen molar-refractivity contribution in [3.05, 3.63) is 71.2 Å². The summed E-state index contributed by atoms with van der Waals surface area (Å²) in [7, 11) is 0. The number of nitrogens with zero attached hydrogens (tertiary/aromatic N) is 3. The molecule has 0 saturated carbocycles. The van der Waals surface area contributed by atoms with E-state index in [-0.39, 0.29) is 11.5 Å². The Labute approximate surface area is 175 Å². The minimum atomic E-state index is -0.395. The molecule has 1 aromatic heterocycles. The Balaban J connectivity index is 1.43. The predicted octanol–water partition coefficient (Wildman–Crippen LogP) is 4.83. The summed E-state index contributed by atoms with van der Waals surface area (Å²) in [6.45, 7) is 5.66. The Bertz CT molecular complexity index is 1060. The molecule has 3 aromatic rings. The van der Waals surface area contributed by atoms with Crippen LogP contribution in [0.5, 0.6) is 0 Å². The number of amides is 1. The van der Waals surface area contributed by atoms with E-state index in [1.54, 1.807) is 31.2 Å². The van der Waals surface area contributed by atoms with Crippen LogP contribution in [-0.2, 0) is 0 Å². The van der Waals surface area contributed by atoms with Gasteiger partial charge in [-0.05, 0) is 68.7 Å². The Hall–Kier alpha value is -3.48. The molecule has 0 unspecified atom stereocenters. The van der Waals surface area contributed by atoms with Crippen LogP contribution in [-0.4, -0.2) is 29.0 Å². The molecule has 154 valence electrons. The number of aromatic nitrogens is 2. The van der Waals surface area contributed by atoms with E-state index >= 15 is 0 Å². The van der Waals surface area contributed by atoms with Crippen LogP contribution < -0.4 is 15.5 Å². The van der Waals surface area contributed by atoms with Crippen molar-refractivity contribution in [2.75, 3.05) is 28.6 Å². The lowest BCUT2D eigenvalue weighted by Crippen LogP contribution is -2.19. The van der Waals surface area contributed by atoms with E-state index in [4.69, 9.17) is 0 Å². The molecule has 4 rings (SSSR count). The first-order valence-electron chi connectivity index (χ1n) is 10.0. The monoisotopic (exact) mass is 405 g/mol. The van der Waals surface area contributed by atoms with E-state index in [1.165, 1.54) is 18.9 Å². The topological polar surface area (TPSA) is 70.2 Å². The molecule has 1 saturated heterocycles. The fourth-order valence-electron chi connectivity index (χ4n) is 3.42. The molecule has 2 N–H and O–H groups in total. The van der Waals surface area contributed by atoms with E-state index in [9.17, 15) is 9.18 Å². The second-order valence-electron chi connectivity index (χ2n) is 7.51. The third-order valence-electron chi connectivity index (χ3n) is 5.10.